The van der Waals surface area contributed by atoms with Gasteiger partial charge in [0.2, 0.25) is 0 Å². The molecule has 0 aromatic heterocycles. The van der Waals surface area contributed by atoms with Crippen molar-refractivity contribution in [2.45, 2.75) is 6.04 Å². The quantitative estimate of drug-likeness (QED) is 0.824. The topological polar surface area (TPSA) is 64.4 Å². The van der Waals surface area contributed by atoms with Crippen molar-refractivity contribution >= 4 is 10.2 Å². The maximum atomic E-state index is 13.6. The van der Waals surface area contributed by atoms with Gasteiger partial charge in [0.15, 0.2) is 0 Å². The Morgan fingerprint density at radius 2 is 1.83 bits per heavy atom. The van der Waals surface area contributed by atoms with Crippen LogP contribution in [0, 0.1) is 17.1 Å². The third kappa shape index (κ3) is 2.67. The van der Waals surface area contributed by atoms with E-state index < -0.39 is 22.1 Å². The molecule has 0 N–H and O–H groups in total. The monoisotopic (exact) mass is 271 g/mol. The Labute approximate surface area is 106 Å². The maximum absolute atomic E-state index is 13.6. The summed E-state index contributed by atoms with van der Waals surface area (Å²) in [6, 6.07) is 6.22. The molecule has 1 atom stereocenters. The molecule has 0 aliphatic heterocycles. The highest BCUT2D eigenvalue weighted by Gasteiger charge is 2.30. The summed E-state index contributed by atoms with van der Waals surface area (Å²) < 4.78 is 39.2. The normalized spacial score (nSPS) is 13.6. The summed E-state index contributed by atoms with van der Waals surface area (Å²) in [4.78, 5) is 0. The van der Waals surface area contributed by atoms with Gasteiger partial charge in [-0.2, -0.15) is 22.3 Å². The molecule has 0 heterocycles. The van der Waals surface area contributed by atoms with Crippen molar-refractivity contribution in [3.05, 3.63) is 35.6 Å². The van der Waals surface area contributed by atoms with Gasteiger partial charge in [-0.25, -0.2) is 4.39 Å². The van der Waals surface area contributed by atoms with E-state index in [0.29, 0.717) is 0 Å². The smallest absolute Gasteiger partial charge is 0.207 e. The number of nitrogens with zero attached hydrogens (tertiary/aromatic N) is 3. The van der Waals surface area contributed by atoms with Crippen LogP contribution in [0.1, 0.15) is 11.6 Å². The lowest BCUT2D eigenvalue weighted by molar-refractivity contribution is 0.383. The van der Waals surface area contributed by atoms with Gasteiger partial charge in [-0.05, 0) is 6.07 Å². The Balaban J connectivity index is 3.22. The molecule has 18 heavy (non-hydrogen) atoms. The second kappa shape index (κ2) is 5.44. The third-order valence-corrected chi connectivity index (χ3v) is 4.37. The second-order valence-corrected chi connectivity index (χ2v) is 6.06. The molecule has 98 valence electrons. The van der Waals surface area contributed by atoms with Crippen LogP contribution in [0.15, 0.2) is 24.3 Å². The molecule has 1 unspecified atom stereocenters. The molecule has 0 aliphatic carbocycles. The molecule has 0 fully saturated rings. The van der Waals surface area contributed by atoms with Crippen LogP contribution < -0.4 is 0 Å². The van der Waals surface area contributed by atoms with Crippen molar-refractivity contribution in [2.75, 3.05) is 21.1 Å². The van der Waals surface area contributed by atoms with Crippen LogP contribution in [-0.4, -0.2) is 38.2 Å². The van der Waals surface area contributed by atoms with Crippen LogP contribution in [-0.2, 0) is 10.2 Å². The summed E-state index contributed by atoms with van der Waals surface area (Å²) in [5.41, 5.74) is 0.0351. The molecule has 0 amide bonds. The summed E-state index contributed by atoms with van der Waals surface area (Å²) in [6.45, 7) is 0. The van der Waals surface area contributed by atoms with E-state index in [-0.39, 0.29) is 5.56 Å². The van der Waals surface area contributed by atoms with E-state index in [0.717, 1.165) is 8.61 Å². The van der Waals surface area contributed by atoms with Crippen molar-refractivity contribution in [1.29, 1.82) is 5.26 Å². The van der Waals surface area contributed by atoms with Crippen molar-refractivity contribution in [3.8, 4) is 6.07 Å². The average molecular weight is 271 g/mol. The van der Waals surface area contributed by atoms with Gasteiger partial charge in [0.25, 0.3) is 10.2 Å². The Morgan fingerprint density at radius 3 is 2.28 bits per heavy atom. The van der Waals surface area contributed by atoms with Crippen molar-refractivity contribution in [2.24, 2.45) is 0 Å². The van der Waals surface area contributed by atoms with Gasteiger partial charge in [-0.3, -0.25) is 0 Å². The predicted octanol–water partition coefficient (Wildman–Crippen LogP) is 1.13. The van der Waals surface area contributed by atoms with E-state index >= 15 is 0 Å². The van der Waals surface area contributed by atoms with Gasteiger partial charge in [-0.1, -0.05) is 18.2 Å². The lowest BCUT2D eigenvalue weighted by atomic mass is 10.1. The first-order chi connectivity index (χ1) is 8.32. The molecule has 1 aromatic rings. The first-order valence-corrected chi connectivity index (χ1v) is 6.51. The minimum atomic E-state index is -3.78. The summed E-state index contributed by atoms with van der Waals surface area (Å²) in [7, 11) is 0.168. The zero-order valence-corrected chi connectivity index (χ0v) is 11.1. The second-order valence-electron chi connectivity index (χ2n) is 3.86. The first kappa shape index (κ1) is 14.6. The van der Waals surface area contributed by atoms with Crippen LogP contribution in [0.4, 0.5) is 4.39 Å². The number of benzene rings is 1. The fraction of sp³-hybridized carbons (Fsp3) is 0.364. The Bertz CT molecular complexity index is 566. The molecule has 0 saturated carbocycles. The molecule has 0 spiro atoms. The molecule has 1 rings (SSSR count). The minimum absolute atomic E-state index is 0.0351. The molecule has 1 aromatic carbocycles. The maximum Gasteiger partial charge on any atom is 0.282 e. The molecule has 0 bridgehead atoms. The number of nitriles is 1. The largest absolute Gasteiger partial charge is 0.282 e. The molecule has 5 nitrogen and oxygen atoms in total. The van der Waals surface area contributed by atoms with E-state index in [4.69, 9.17) is 5.26 Å². The highest BCUT2D eigenvalue weighted by atomic mass is 32.2. The van der Waals surface area contributed by atoms with E-state index in [2.05, 4.69) is 0 Å². The summed E-state index contributed by atoms with van der Waals surface area (Å²) in [5, 5.41) is 9.08. The highest BCUT2D eigenvalue weighted by Crippen LogP contribution is 2.24. The van der Waals surface area contributed by atoms with Crippen molar-refractivity contribution < 1.29 is 12.8 Å². The summed E-state index contributed by atoms with van der Waals surface area (Å²) in [6.07, 6.45) is 0. The van der Waals surface area contributed by atoms with Gasteiger partial charge in [0, 0.05) is 26.7 Å². The molecular weight excluding hydrogens is 257 g/mol. The van der Waals surface area contributed by atoms with Gasteiger partial charge >= 0.3 is 0 Å². The third-order valence-electron chi connectivity index (χ3n) is 2.51. The average Bonchev–Trinajstić information content (AvgIpc) is 2.32. The predicted molar refractivity (Wildman–Crippen MR) is 65.1 cm³/mol. The molecule has 7 heteroatoms. The van der Waals surface area contributed by atoms with Crippen LogP contribution in [0.25, 0.3) is 0 Å². The van der Waals surface area contributed by atoms with E-state index in [1.165, 1.54) is 39.3 Å². The number of rotatable bonds is 4. The number of hydrogen-bond acceptors (Lipinski definition) is 3. The van der Waals surface area contributed by atoms with E-state index in [1.54, 1.807) is 12.1 Å². The van der Waals surface area contributed by atoms with Gasteiger partial charge < -0.3 is 0 Å². The first-order valence-electron chi connectivity index (χ1n) is 5.12. The van der Waals surface area contributed by atoms with Crippen LogP contribution >= 0.6 is 0 Å². The number of halogens is 1. The fourth-order valence-electron chi connectivity index (χ4n) is 1.43. The zero-order chi connectivity index (χ0) is 13.9. The van der Waals surface area contributed by atoms with Crippen LogP contribution in [0.2, 0.25) is 0 Å². The van der Waals surface area contributed by atoms with Gasteiger partial charge in [0.1, 0.15) is 11.9 Å². The van der Waals surface area contributed by atoms with E-state index in [1.807, 2.05) is 0 Å². The van der Waals surface area contributed by atoms with Crippen LogP contribution in [0.5, 0.6) is 0 Å². The van der Waals surface area contributed by atoms with Gasteiger partial charge in [0.05, 0.1) is 6.07 Å². The Morgan fingerprint density at radius 1 is 1.28 bits per heavy atom. The lowest BCUT2D eigenvalue weighted by Gasteiger charge is -2.25. The van der Waals surface area contributed by atoms with E-state index in [9.17, 15) is 12.8 Å². The SMILES string of the molecule is CN(C)S(=O)(=O)N(C)C(C#N)c1ccccc1F. The lowest BCUT2D eigenvalue weighted by Crippen LogP contribution is -2.39. The Hall–Kier alpha value is -1.49. The molecule has 0 saturated heterocycles. The highest BCUT2D eigenvalue weighted by molar-refractivity contribution is 7.86. The number of hydrogen-bond donors (Lipinski definition) is 0. The minimum Gasteiger partial charge on any atom is -0.207 e. The summed E-state index contributed by atoms with van der Waals surface area (Å²) in [5.74, 6) is -0.607. The van der Waals surface area contributed by atoms with Gasteiger partial charge in [-0.15, -0.1) is 0 Å². The molecular formula is C11H14FN3O2S. The Kier molecular flexibility index (Phi) is 4.40. The summed E-state index contributed by atoms with van der Waals surface area (Å²) >= 11 is 0. The standard InChI is InChI=1S/C11H14FN3O2S/c1-14(2)18(16,17)15(3)11(8-13)9-6-4-5-7-10(9)12/h4-7,11H,1-3H3. The fourth-order valence-corrected chi connectivity index (χ4v) is 2.38. The molecule has 0 radical (unpaired) electrons. The zero-order valence-electron chi connectivity index (χ0n) is 10.3. The van der Waals surface area contributed by atoms with Crippen LogP contribution in [0.3, 0.4) is 0 Å². The van der Waals surface area contributed by atoms with Crippen molar-refractivity contribution in [1.82, 2.24) is 8.61 Å². The molecule has 0 aliphatic rings. The van der Waals surface area contributed by atoms with Crippen molar-refractivity contribution in [3.63, 3.8) is 0 Å².